The quantitative estimate of drug-likeness (QED) is 0.723. The van der Waals surface area contributed by atoms with Crippen molar-refractivity contribution in [2.75, 3.05) is 27.2 Å². The summed E-state index contributed by atoms with van der Waals surface area (Å²) >= 11 is 0. The van der Waals surface area contributed by atoms with Crippen LogP contribution in [0.4, 0.5) is 0 Å². The van der Waals surface area contributed by atoms with Crippen LogP contribution in [0.5, 0.6) is 5.88 Å². The standard InChI is InChI=1S/C15H28N4O2/c1-7-12(16-4)14-13(10-20-6)18-19(5)15(14)21-11(3)9-17-8-2/h7,11,16-17H,8-10H2,1-6H3/b12-7-/t11-/m0/s1. The Morgan fingerprint density at radius 1 is 1.48 bits per heavy atom. The zero-order valence-corrected chi connectivity index (χ0v) is 14.0. The van der Waals surface area contributed by atoms with Crippen molar-refractivity contribution in [1.82, 2.24) is 20.4 Å². The highest BCUT2D eigenvalue weighted by molar-refractivity contribution is 5.69. The Morgan fingerprint density at radius 2 is 2.19 bits per heavy atom. The highest BCUT2D eigenvalue weighted by Crippen LogP contribution is 2.29. The van der Waals surface area contributed by atoms with E-state index < -0.39 is 0 Å². The van der Waals surface area contributed by atoms with Gasteiger partial charge in [-0.05, 0) is 20.4 Å². The molecule has 1 heterocycles. The summed E-state index contributed by atoms with van der Waals surface area (Å²) in [5, 5.41) is 11.0. The van der Waals surface area contributed by atoms with Crippen LogP contribution in [0.3, 0.4) is 0 Å². The molecule has 0 saturated heterocycles. The summed E-state index contributed by atoms with van der Waals surface area (Å²) in [4.78, 5) is 0. The first-order valence-electron chi connectivity index (χ1n) is 7.35. The van der Waals surface area contributed by atoms with E-state index in [1.54, 1.807) is 11.8 Å². The van der Waals surface area contributed by atoms with Crippen LogP contribution >= 0.6 is 0 Å². The first kappa shape index (κ1) is 17.5. The molecule has 120 valence electrons. The fourth-order valence-electron chi connectivity index (χ4n) is 2.20. The number of ether oxygens (including phenoxy) is 2. The zero-order valence-electron chi connectivity index (χ0n) is 14.0. The molecule has 6 nitrogen and oxygen atoms in total. The number of aryl methyl sites for hydroxylation is 1. The number of hydrogen-bond acceptors (Lipinski definition) is 5. The third kappa shape index (κ3) is 4.47. The Labute approximate surface area is 127 Å². The average Bonchev–Trinajstić information content (AvgIpc) is 2.76. The summed E-state index contributed by atoms with van der Waals surface area (Å²) in [7, 11) is 5.45. The lowest BCUT2D eigenvalue weighted by Gasteiger charge is -2.17. The van der Waals surface area contributed by atoms with Gasteiger partial charge in [0.1, 0.15) is 11.8 Å². The number of nitrogens with zero attached hydrogens (tertiary/aromatic N) is 2. The fraction of sp³-hybridized carbons (Fsp3) is 0.667. The first-order chi connectivity index (χ1) is 10.1. The summed E-state index contributed by atoms with van der Waals surface area (Å²) in [5.74, 6) is 0.759. The number of nitrogens with one attached hydrogen (secondary N) is 2. The monoisotopic (exact) mass is 296 g/mol. The summed E-state index contributed by atoms with van der Waals surface area (Å²) in [5.41, 5.74) is 2.82. The number of methoxy groups -OCH3 is 1. The van der Waals surface area contributed by atoms with E-state index in [0.29, 0.717) is 6.61 Å². The van der Waals surface area contributed by atoms with Gasteiger partial charge in [-0.3, -0.25) is 0 Å². The maximum absolute atomic E-state index is 6.09. The van der Waals surface area contributed by atoms with Gasteiger partial charge in [0.25, 0.3) is 0 Å². The molecular formula is C15H28N4O2. The molecule has 1 rings (SSSR count). The second-order valence-corrected chi connectivity index (χ2v) is 4.87. The smallest absolute Gasteiger partial charge is 0.221 e. The summed E-state index contributed by atoms with van der Waals surface area (Å²) in [6.45, 7) is 8.29. The molecule has 2 N–H and O–H groups in total. The van der Waals surface area contributed by atoms with E-state index in [2.05, 4.69) is 22.7 Å². The van der Waals surface area contributed by atoms with E-state index in [-0.39, 0.29) is 6.10 Å². The van der Waals surface area contributed by atoms with E-state index in [4.69, 9.17) is 9.47 Å². The molecule has 0 aliphatic carbocycles. The fourth-order valence-corrected chi connectivity index (χ4v) is 2.20. The Kier molecular flexibility index (Phi) is 7.25. The van der Waals surface area contributed by atoms with E-state index in [9.17, 15) is 0 Å². The molecule has 0 amide bonds. The minimum atomic E-state index is 0.0597. The number of likely N-dealkylation sites (N-methyl/N-ethyl adjacent to an activating group) is 1. The predicted octanol–water partition coefficient (Wildman–Crippen LogP) is 1.52. The van der Waals surface area contributed by atoms with Gasteiger partial charge in [-0.2, -0.15) is 5.10 Å². The van der Waals surface area contributed by atoms with Crippen molar-refractivity contribution >= 4 is 5.70 Å². The Morgan fingerprint density at radius 3 is 2.71 bits per heavy atom. The Bertz CT molecular complexity index is 468. The topological polar surface area (TPSA) is 60.3 Å². The van der Waals surface area contributed by atoms with Crippen LogP contribution in [0.2, 0.25) is 0 Å². The average molecular weight is 296 g/mol. The van der Waals surface area contributed by atoms with Crippen LogP contribution in [0.25, 0.3) is 5.70 Å². The van der Waals surface area contributed by atoms with Crippen molar-refractivity contribution in [2.45, 2.75) is 33.5 Å². The molecule has 0 aliphatic rings. The van der Waals surface area contributed by atoms with Gasteiger partial charge < -0.3 is 20.1 Å². The summed E-state index contributed by atoms with van der Waals surface area (Å²) in [6.07, 6.45) is 2.07. The molecule has 0 spiro atoms. The molecule has 0 bridgehead atoms. The van der Waals surface area contributed by atoms with Gasteiger partial charge in [0.2, 0.25) is 5.88 Å². The minimum Gasteiger partial charge on any atom is -0.473 e. The summed E-state index contributed by atoms with van der Waals surface area (Å²) < 4.78 is 13.1. The molecule has 1 aromatic rings. The van der Waals surface area contributed by atoms with E-state index in [1.807, 2.05) is 34.0 Å². The number of aromatic nitrogens is 2. The lowest BCUT2D eigenvalue weighted by molar-refractivity contribution is 0.180. The number of allylic oxidation sites excluding steroid dienone is 1. The molecule has 1 atom stereocenters. The normalized spacial score (nSPS) is 13.3. The van der Waals surface area contributed by atoms with Crippen LogP contribution in [-0.2, 0) is 18.4 Å². The lowest BCUT2D eigenvalue weighted by atomic mass is 10.1. The second kappa shape index (κ2) is 8.69. The number of rotatable bonds is 9. The van der Waals surface area contributed by atoms with E-state index in [0.717, 1.165) is 35.9 Å². The molecule has 0 fully saturated rings. The SMILES string of the molecule is C/C=C(\NC)c1c(COC)nn(C)c1O[C@@H](C)CNCC. The second-order valence-electron chi connectivity index (χ2n) is 4.87. The van der Waals surface area contributed by atoms with E-state index in [1.165, 1.54) is 0 Å². The molecule has 0 saturated carbocycles. The Balaban J connectivity index is 3.11. The van der Waals surface area contributed by atoms with E-state index >= 15 is 0 Å². The van der Waals surface area contributed by atoms with Crippen LogP contribution in [0.15, 0.2) is 6.08 Å². The third-order valence-corrected chi connectivity index (χ3v) is 3.17. The van der Waals surface area contributed by atoms with Crippen LogP contribution < -0.4 is 15.4 Å². The van der Waals surface area contributed by atoms with Crippen molar-refractivity contribution in [3.05, 3.63) is 17.3 Å². The molecule has 6 heteroatoms. The third-order valence-electron chi connectivity index (χ3n) is 3.17. The summed E-state index contributed by atoms with van der Waals surface area (Å²) in [6, 6.07) is 0. The van der Waals surface area contributed by atoms with Crippen molar-refractivity contribution in [1.29, 1.82) is 0 Å². The zero-order chi connectivity index (χ0) is 15.8. The lowest BCUT2D eigenvalue weighted by Crippen LogP contribution is -2.29. The molecule has 1 aromatic heterocycles. The van der Waals surface area contributed by atoms with Gasteiger partial charge >= 0.3 is 0 Å². The van der Waals surface area contributed by atoms with Gasteiger partial charge in [0.05, 0.1) is 12.2 Å². The molecule has 0 aliphatic heterocycles. The maximum atomic E-state index is 6.09. The van der Waals surface area contributed by atoms with Gasteiger partial charge in [-0.25, -0.2) is 4.68 Å². The van der Waals surface area contributed by atoms with Gasteiger partial charge in [-0.15, -0.1) is 0 Å². The highest BCUT2D eigenvalue weighted by Gasteiger charge is 2.21. The molecule has 21 heavy (non-hydrogen) atoms. The molecule has 0 aromatic carbocycles. The van der Waals surface area contributed by atoms with Gasteiger partial charge in [0.15, 0.2) is 0 Å². The molecular weight excluding hydrogens is 268 g/mol. The predicted molar refractivity (Wildman–Crippen MR) is 85.3 cm³/mol. The Hall–Kier alpha value is -1.53. The molecule has 0 unspecified atom stereocenters. The number of hydrogen-bond donors (Lipinski definition) is 2. The highest BCUT2D eigenvalue weighted by atomic mass is 16.5. The largest absolute Gasteiger partial charge is 0.473 e. The first-order valence-corrected chi connectivity index (χ1v) is 7.35. The minimum absolute atomic E-state index is 0.0597. The van der Waals surface area contributed by atoms with Gasteiger partial charge in [-0.1, -0.05) is 13.0 Å². The molecule has 0 radical (unpaired) electrons. The van der Waals surface area contributed by atoms with Crippen molar-refractivity contribution in [3.8, 4) is 5.88 Å². The van der Waals surface area contributed by atoms with Crippen LogP contribution in [0.1, 0.15) is 32.0 Å². The maximum Gasteiger partial charge on any atom is 0.221 e. The van der Waals surface area contributed by atoms with Crippen molar-refractivity contribution in [3.63, 3.8) is 0 Å². The van der Waals surface area contributed by atoms with Crippen LogP contribution in [-0.4, -0.2) is 43.1 Å². The van der Waals surface area contributed by atoms with Crippen molar-refractivity contribution in [2.24, 2.45) is 7.05 Å². The van der Waals surface area contributed by atoms with Gasteiger partial charge in [0, 0.05) is 33.4 Å². The van der Waals surface area contributed by atoms with Crippen LogP contribution in [0, 0.1) is 0 Å². The van der Waals surface area contributed by atoms with Crippen molar-refractivity contribution < 1.29 is 9.47 Å².